The molecule has 1 aromatic heterocycles. The van der Waals surface area contributed by atoms with Gasteiger partial charge in [-0.3, -0.25) is 9.59 Å². The summed E-state index contributed by atoms with van der Waals surface area (Å²) in [7, 11) is 0. The fourth-order valence-electron chi connectivity index (χ4n) is 2.58. The molecule has 2 N–H and O–H groups in total. The third-order valence-corrected chi connectivity index (χ3v) is 3.99. The van der Waals surface area contributed by atoms with E-state index in [-0.39, 0.29) is 17.4 Å². The van der Waals surface area contributed by atoms with Gasteiger partial charge in [0.2, 0.25) is 0 Å². The van der Waals surface area contributed by atoms with Crippen molar-refractivity contribution in [3.05, 3.63) is 77.9 Å². The van der Waals surface area contributed by atoms with Crippen molar-refractivity contribution in [1.82, 2.24) is 15.1 Å². The highest BCUT2D eigenvalue weighted by atomic mass is 19.1. The van der Waals surface area contributed by atoms with Crippen molar-refractivity contribution in [2.45, 2.75) is 13.8 Å². The molecule has 0 fully saturated rings. The molecule has 3 rings (SSSR count). The van der Waals surface area contributed by atoms with Crippen LogP contribution >= 0.6 is 0 Å². The molecule has 2 amide bonds. The zero-order valence-electron chi connectivity index (χ0n) is 15.6. The molecule has 28 heavy (non-hydrogen) atoms. The van der Waals surface area contributed by atoms with Gasteiger partial charge in [0.25, 0.3) is 11.8 Å². The van der Waals surface area contributed by atoms with E-state index in [0.717, 1.165) is 0 Å². The van der Waals surface area contributed by atoms with Crippen molar-refractivity contribution in [3.63, 3.8) is 0 Å². The molecule has 0 aliphatic heterocycles. The average molecular weight is 380 g/mol. The van der Waals surface area contributed by atoms with Crippen LogP contribution in [0.15, 0.2) is 60.8 Å². The molecule has 0 saturated carbocycles. The second-order valence-corrected chi connectivity index (χ2v) is 6.73. The van der Waals surface area contributed by atoms with Gasteiger partial charge in [0.1, 0.15) is 5.82 Å². The second kappa shape index (κ2) is 8.47. The largest absolute Gasteiger partial charge is 0.352 e. The zero-order valence-corrected chi connectivity index (χ0v) is 15.6. The highest BCUT2D eigenvalue weighted by Crippen LogP contribution is 2.17. The number of rotatable bonds is 6. The maximum absolute atomic E-state index is 13.4. The highest BCUT2D eigenvalue weighted by molar-refractivity contribution is 6.08. The van der Waals surface area contributed by atoms with Crippen LogP contribution in [-0.4, -0.2) is 28.1 Å². The first kappa shape index (κ1) is 19.3. The average Bonchev–Trinajstić information content (AvgIpc) is 3.17. The lowest BCUT2D eigenvalue weighted by atomic mass is 10.1. The van der Waals surface area contributed by atoms with Crippen molar-refractivity contribution < 1.29 is 14.0 Å². The normalized spacial score (nSPS) is 10.7. The van der Waals surface area contributed by atoms with E-state index in [9.17, 15) is 14.0 Å². The van der Waals surface area contributed by atoms with E-state index in [1.807, 2.05) is 13.8 Å². The summed E-state index contributed by atoms with van der Waals surface area (Å²) in [4.78, 5) is 25.0. The molecule has 0 bridgehead atoms. The van der Waals surface area contributed by atoms with E-state index in [1.54, 1.807) is 42.6 Å². The Morgan fingerprint density at radius 1 is 1.07 bits per heavy atom. The number of carbonyl (C=O) groups is 2. The minimum Gasteiger partial charge on any atom is -0.352 e. The number of anilines is 1. The summed E-state index contributed by atoms with van der Waals surface area (Å²) in [5, 5.41) is 9.75. The van der Waals surface area contributed by atoms with Gasteiger partial charge in [-0.25, -0.2) is 9.07 Å². The van der Waals surface area contributed by atoms with Gasteiger partial charge >= 0.3 is 0 Å². The summed E-state index contributed by atoms with van der Waals surface area (Å²) in [6, 6.07) is 14.2. The van der Waals surface area contributed by atoms with Crippen molar-refractivity contribution in [2.75, 3.05) is 11.9 Å². The Morgan fingerprint density at radius 2 is 1.86 bits per heavy atom. The predicted octanol–water partition coefficient (Wildman–Crippen LogP) is 3.65. The Bertz CT molecular complexity index is 997. The van der Waals surface area contributed by atoms with Crippen molar-refractivity contribution in [2.24, 2.45) is 5.92 Å². The lowest BCUT2D eigenvalue weighted by molar-refractivity contribution is 0.0950. The number of aromatic nitrogens is 2. The van der Waals surface area contributed by atoms with Gasteiger partial charge in [-0.05, 0) is 42.3 Å². The fraction of sp³-hybridized carbons (Fsp3) is 0.190. The minimum absolute atomic E-state index is 0.154. The second-order valence-electron chi connectivity index (χ2n) is 6.73. The number of halogens is 1. The molecule has 0 saturated heterocycles. The Balaban J connectivity index is 1.76. The van der Waals surface area contributed by atoms with Gasteiger partial charge in [-0.2, -0.15) is 5.10 Å². The van der Waals surface area contributed by atoms with Gasteiger partial charge in [-0.1, -0.05) is 32.0 Å². The molecule has 0 atom stereocenters. The van der Waals surface area contributed by atoms with E-state index in [1.165, 1.54) is 22.9 Å². The molecule has 0 spiro atoms. The van der Waals surface area contributed by atoms with Crippen LogP contribution in [0.2, 0.25) is 0 Å². The predicted molar refractivity (Wildman–Crippen MR) is 105 cm³/mol. The van der Waals surface area contributed by atoms with Crippen molar-refractivity contribution >= 4 is 17.5 Å². The maximum Gasteiger partial charge on any atom is 0.276 e. The number of para-hydroxylation sites is 1. The monoisotopic (exact) mass is 380 g/mol. The topological polar surface area (TPSA) is 76.0 Å². The van der Waals surface area contributed by atoms with Gasteiger partial charge in [0.05, 0.1) is 16.9 Å². The van der Waals surface area contributed by atoms with Crippen LogP contribution in [0.4, 0.5) is 10.1 Å². The third-order valence-electron chi connectivity index (χ3n) is 3.99. The van der Waals surface area contributed by atoms with Crippen LogP contribution in [0.1, 0.15) is 34.7 Å². The first-order chi connectivity index (χ1) is 13.4. The van der Waals surface area contributed by atoms with Crippen LogP contribution < -0.4 is 10.6 Å². The van der Waals surface area contributed by atoms with Gasteiger partial charge in [0, 0.05) is 12.7 Å². The van der Waals surface area contributed by atoms with Crippen LogP contribution in [0.3, 0.4) is 0 Å². The number of amides is 2. The molecule has 1 heterocycles. The maximum atomic E-state index is 13.4. The molecular weight excluding hydrogens is 359 g/mol. The number of carbonyl (C=O) groups excluding carboxylic acids is 2. The number of hydrogen-bond acceptors (Lipinski definition) is 3. The molecule has 2 aromatic carbocycles. The van der Waals surface area contributed by atoms with Gasteiger partial charge < -0.3 is 10.6 Å². The molecule has 0 radical (unpaired) electrons. The van der Waals surface area contributed by atoms with E-state index in [2.05, 4.69) is 15.7 Å². The number of nitrogens with one attached hydrogen (secondary N) is 2. The molecule has 7 heteroatoms. The minimum atomic E-state index is -0.459. The Labute approximate surface area is 162 Å². The molecule has 144 valence electrons. The van der Waals surface area contributed by atoms with Crippen LogP contribution in [0, 0.1) is 11.7 Å². The summed E-state index contributed by atoms with van der Waals surface area (Å²) in [6.45, 7) is 4.55. The summed E-state index contributed by atoms with van der Waals surface area (Å²) in [5.74, 6) is -0.785. The molecular formula is C21H21FN4O2. The van der Waals surface area contributed by atoms with Crippen molar-refractivity contribution in [1.29, 1.82) is 0 Å². The summed E-state index contributed by atoms with van der Waals surface area (Å²) in [5.41, 5.74) is 1.43. The molecule has 6 nitrogen and oxygen atoms in total. The van der Waals surface area contributed by atoms with Crippen LogP contribution in [-0.2, 0) is 0 Å². The quantitative estimate of drug-likeness (QED) is 0.685. The summed E-state index contributed by atoms with van der Waals surface area (Å²) in [6.07, 6.45) is 1.57. The summed E-state index contributed by atoms with van der Waals surface area (Å²) < 4.78 is 14.8. The Hall–Kier alpha value is -3.48. The van der Waals surface area contributed by atoms with Gasteiger partial charge in [-0.15, -0.1) is 0 Å². The first-order valence-corrected chi connectivity index (χ1v) is 8.94. The fourth-order valence-corrected chi connectivity index (χ4v) is 2.58. The molecule has 3 aromatic rings. The SMILES string of the molecule is CC(C)CNC(=O)c1ccccc1NC(=O)c1ccn(-c2cccc(F)c2)n1. The van der Waals surface area contributed by atoms with Crippen molar-refractivity contribution in [3.8, 4) is 5.69 Å². The van der Waals surface area contributed by atoms with E-state index in [4.69, 9.17) is 0 Å². The lowest BCUT2D eigenvalue weighted by Crippen LogP contribution is -2.28. The molecule has 0 unspecified atom stereocenters. The third kappa shape index (κ3) is 4.62. The van der Waals surface area contributed by atoms with E-state index < -0.39 is 5.91 Å². The van der Waals surface area contributed by atoms with E-state index in [0.29, 0.717) is 29.4 Å². The number of nitrogens with zero attached hydrogens (tertiary/aromatic N) is 2. The highest BCUT2D eigenvalue weighted by Gasteiger charge is 2.16. The lowest BCUT2D eigenvalue weighted by Gasteiger charge is -2.12. The molecule has 0 aliphatic rings. The van der Waals surface area contributed by atoms with E-state index >= 15 is 0 Å². The molecule has 0 aliphatic carbocycles. The summed E-state index contributed by atoms with van der Waals surface area (Å²) >= 11 is 0. The Kier molecular flexibility index (Phi) is 5.84. The number of hydrogen-bond donors (Lipinski definition) is 2. The smallest absolute Gasteiger partial charge is 0.276 e. The van der Waals surface area contributed by atoms with Crippen LogP contribution in [0.5, 0.6) is 0 Å². The van der Waals surface area contributed by atoms with Crippen LogP contribution in [0.25, 0.3) is 5.69 Å². The zero-order chi connectivity index (χ0) is 20.1. The first-order valence-electron chi connectivity index (χ1n) is 8.94. The standard InChI is InChI=1S/C21H21FN4O2/c1-14(2)13-23-20(27)17-8-3-4-9-18(17)24-21(28)19-10-11-26(25-19)16-7-5-6-15(22)12-16/h3-12,14H,13H2,1-2H3,(H,23,27)(H,24,28). The Morgan fingerprint density at radius 3 is 2.61 bits per heavy atom. The van der Waals surface area contributed by atoms with Gasteiger partial charge in [0.15, 0.2) is 5.69 Å². The number of benzene rings is 2.